The van der Waals surface area contributed by atoms with E-state index in [1.54, 1.807) is 0 Å². The van der Waals surface area contributed by atoms with Gasteiger partial charge >= 0.3 is 0 Å². The molecule has 0 aliphatic rings. The van der Waals surface area contributed by atoms with Crippen LogP contribution in [0, 0.1) is 6.07 Å². The second kappa shape index (κ2) is 1.73. The summed E-state index contributed by atoms with van der Waals surface area (Å²) in [4.78, 5) is 0. The van der Waals surface area contributed by atoms with Crippen molar-refractivity contribution in [3.63, 3.8) is 0 Å². The lowest BCUT2D eigenvalue weighted by Gasteiger charge is -1.84. The zero-order chi connectivity index (χ0) is 6.97. The average Bonchev–Trinajstić information content (AvgIpc) is 2.34. The van der Waals surface area contributed by atoms with Gasteiger partial charge in [-0.25, -0.2) is 0 Å². The standard InChI is InChI=1S/C7H6N3/c8-7-5-3-1-2-4-6(5)9-10-7/h2-4H,(H3,8,9,10). The Balaban J connectivity index is 2.93. The number of aromatic nitrogens is 2. The van der Waals surface area contributed by atoms with Crippen molar-refractivity contribution in [3.8, 4) is 0 Å². The lowest BCUT2D eigenvalue weighted by atomic mass is 10.2. The number of nitrogens with zero attached hydrogens (tertiary/aromatic N) is 1. The van der Waals surface area contributed by atoms with Gasteiger partial charge < -0.3 is 5.73 Å². The van der Waals surface area contributed by atoms with E-state index in [0.29, 0.717) is 5.82 Å². The molecule has 0 saturated heterocycles. The highest BCUT2D eigenvalue weighted by molar-refractivity contribution is 5.88. The van der Waals surface area contributed by atoms with E-state index in [0.717, 1.165) is 10.9 Å². The first-order chi connectivity index (χ1) is 4.88. The summed E-state index contributed by atoms with van der Waals surface area (Å²) in [6, 6.07) is 8.44. The summed E-state index contributed by atoms with van der Waals surface area (Å²) in [5, 5.41) is 7.55. The molecule has 0 unspecified atom stereocenters. The third-order valence-electron chi connectivity index (χ3n) is 1.44. The van der Waals surface area contributed by atoms with Gasteiger partial charge in [0.1, 0.15) is 0 Å². The number of hydrogen-bond acceptors (Lipinski definition) is 2. The van der Waals surface area contributed by atoms with Crippen molar-refractivity contribution in [1.82, 2.24) is 10.2 Å². The van der Waals surface area contributed by atoms with Gasteiger partial charge in [0, 0.05) is 5.39 Å². The van der Waals surface area contributed by atoms with Gasteiger partial charge in [-0.05, 0) is 18.2 Å². The van der Waals surface area contributed by atoms with Crippen LogP contribution in [0.25, 0.3) is 10.9 Å². The summed E-state index contributed by atoms with van der Waals surface area (Å²) in [6.07, 6.45) is 0. The van der Waals surface area contributed by atoms with Crippen molar-refractivity contribution in [1.29, 1.82) is 0 Å². The van der Waals surface area contributed by atoms with E-state index < -0.39 is 0 Å². The van der Waals surface area contributed by atoms with Gasteiger partial charge in [0.05, 0.1) is 5.52 Å². The lowest BCUT2D eigenvalue weighted by Crippen LogP contribution is -1.82. The topological polar surface area (TPSA) is 54.7 Å². The third kappa shape index (κ3) is 0.572. The Hall–Kier alpha value is -1.51. The number of benzene rings is 1. The summed E-state index contributed by atoms with van der Waals surface area (Å²) in [6.45, 7) is 0. The van der Waals surface area contributed by atoms with E-state index in [1.165, 1.54) is 0 Å². The van der Waals surface area contributed by atoms with Gasteiger partial charge in [-0.1, -0.05) is 6.07 Å². The maximum atomic E-state index is 5.51. The van der Waals surface area contributed by atoms with Crippen LogP contribution in [-0.2, 0) is 0 Å². The Morgan fingerprint density at radius 1 is 1.60 bits per heavy atom. The molecule has 49 valence electrons. The molecular formula is C7H6N3. The Morgan fingerprint density at radius 2 is 2.50 bits per heavy atom. The normalized spacial score (nSPS) is 10.4. The van der Waals surface area contributed by atoms with Crippen LogP contribution in [0.15, 0.2) is 18.2 Å². The molecule has 0 spiro atoms. The van der Waals surface area contributed by atoms with Gasteiger partial charge in [0.15, 0.2) is 5.82 Å². The van der Waals surface area contributed by atoms with Crippen LogP contribution in [0.4, 0.5) is 5.82 Å². The van der Waals surface area contributed by atoms with Crippen molar-refractivity contribution in [2.45, 2.75) is 0 Å². The highest BCUT2D eigenvalue weighted by Gasteiger charge is 1.97. The summed E-state index contributed by atoms with van der Waals surface area (Å²) >= 11 is 0. The molecule has 2 rings (SSSR count). The number of anilines is 1. The molecule has 1 heterocycles. The predicted octanol–water partition coefficient (Wildman–Crippen LogP) is 0.945. The quantitative estimate of drug-likeness (QED) is 0.560. The van der Waals surface area contributed by atoms with Crippen LogP contribution in [0.2, 0.25) is 0 Å². The van der Waals surface area contributed by atoms with Crippen LogP contribution in [-0.4, -0.2) is 10.2 Å². The molecule has 1 aromatic heterocycles. The molecule has 1 aromatic carbocycles. The maximum absolute atomic E-state index is 5.51. The van der Waals surface area contributed by atoms with E-state index in [9.17, 15) is 0 Å². The number of aromatic amines is 1. The molecular weight excluding hydrogens is 126 g/mol. The first-order valence-corrected chi connectivity index (χ1v) is 2.97. The van der Waals surface area contributed by atoms with E-state index >= 15 is 0 Å². The van der Waals surface area contributed by atoms with Crippen LogP contribution in [0.3, 0.4) is 0 Å². The van der Waals surface area contributed by atoms with Gasteiger partial charge in [-0.2, -0.15) is 5.10 Å². The smallest absolute Gasteiger partial charge is 0.153 e. The van der Waals surface area contributed by atoms with E-state index in [1.807, 2.05) is 18.2 Å². The number of hydrogen-bond donors (Lipinski definition) is 2. The second-order valence-electron chi connectivity index (χ2n) is 2.08. The van der Waals surface area contributed by atoms with E-state index in [-0.39, 0.29) is 0 Å². The Kier molecular flexibility index (Phi) is 0.917. The fraction of sp³-hybridized carbons (Fsp3) is 0. The largest absolute Gasteiger partial charge is 0.382 e. The summed E-state index contributed by atoms with van der Waals surface area (Å²) in [5.74, 6) is 0.534. The molecule has 0 aliphatic carbocycles. The van der Waals surface area contributed by atoms with Crippen LogP contribution < -0.4 is 5.73 Å². The molecule has 2 aromatic rings. The Bertz CT molecular complexity index is 350. The SMILES string of the molecule is Nc1n[nH]c2cc[c]cc12. The number of H-pyrrole nitrogens is 1. The number of rotatable bonds is 0. The highest BCUT2D eigenvalue weighted by Crippen LogP contribution is 2.15. The van der Waals surface area contributed by atoms with Crippen LogP contribution >= 0.6 is 0 Å². The molecule has 3 N–H and O–H groups in total. The van der Waals surface area contributed by atoms with Crippen molar-refractivity contribution >= 4 is 16.7 Å². The van der Waals surface area contributed by atoms with Gasteiger partial charge in [0.25, 0.3) is 0 Å². The van der Waals surface area contributed by atoms with Crippen molar-refractivity contribution in [2.75, 3.05) is 5.73 Å². The van der Waals surface area contributed by atoms with Crippen LogP contribution in [0.5, 0.6) is 0 Å². The van der Waals surface area contributed by atoms with Crippen molar-refractivity contribution < 1.29 is 0 Å². The van der Waals surface area contributed by atoms with E-state index in [2.05, 4.69) is 16.3 Å². The Labute approximate surface area is 57.9 Å². The molecule has 3 heteroatoms. The molecule has 0 fully saturated rings. The number of nitrogen functional groups attached to an aromatic ring is 1. The van der Waals surface area contributed by atoms with Gasteiger partial charge in [0.2, 0.25) is 0 Å². The predicted molar refractivity (Wildman–Crippen MR) is 39.3 cm³/mol. The molecule has 0 amide bonds. The summed E-state index contributed by atoms with van der Waals surface area (Å²) in [5.41, 5.74) is 6.47. The second-order valence-corrected chi connectivity index (χ2v) is 2.08. The summed E-state index contributed by atoms with van der Waals surface area (Å²) < 4.78 is 0. The molecule has 10 heavy (non-hydrogen) atoms. The maximum Gasteiger partial charge on any atom is 0.153 e. The molecule has 0 bridgehead atoms. The van der Waals surface area contributed by atoms with Crippen LogP contribution in [0.1, 0.15) is 0 Å². The number of nitrogens with two attached hydrogens (primary N) is 1. The minimum absolute atomic E-state index is 0.534. The van der Waals surface area contributed by atoms with Gasteiger partial charge in [-0.3, -0.25) is 5.10 Å². The molecule has 0 aliphatic heterocycles. The first-order valence-electron chi connectivity index (χ1n) is 2.97. The number of nitrogens with one attached hydrogen (secondary N) is 1. The zero-order valence-electron chi connectivity index (χ0n) is 5.26. The third-order valence-corrected chi connectivity index (χ3v) is 1.44. The number of fused-ring (bicyclic) bond motifs is 1. The molecule has 3 nitrogen and oxygen atoms in total. The van der Waals surface area contributed by atoms with Crippen molar-refractivity contribution in [2.24, 2.45) is 0 Å². The monoisotopic (exact) mass is 132 g/mol. The fourth-order valence-electron chi connectivity index (χ4n) is 0.921. The molecule has 0 saturated carbocycles. The first kappa shape index (κ1) is 5.29. The minimum atomic E-state index is 0.534. The summed E-state index contributed by atoms with van der Waals surface area (Å²) in [7, 11) is 0. The Morgan fingerprint density at radius 3 is 3.30 bits per heavy atom. The van der Waals surface area contributed by atoms with Crippen molar-refractivity contribution in [3.05, 3.63) is 24.3 Å². The molecule has 1 radical (unpaired) electrons. The lowest BCUT2D eigenvalue weighted by molar-refractivity contribution is 1.13. The zero-order valence-corrected chi connectivity index (χ0v) is 5.26. The van der Waals surface area contributed by atoms with Gasteiger partial charge in [-0.15, -0.1) is 0 Å². The van der Waals surface area contributed by atoms with E-state index in [4.69, 9.17) is 5.73 Å². The average molecular weight is 132 g/mol. The highest BCUT2D eigenvalue weighted by atomic mass is 15.1. The fourth-order valence-corrected chi connectivity index (χ4v) is 0.921. The molecule has 0 atom stereocenters. The minimum Gasteiger partial charge on any atom is -0.382 e.